The van der Waals surface area contributed by atoms with Gasteiger partial charge in [-0.15, -0.1) is 0 Å². The van der Waals surface area contributed by atoms with E-state index in [1.54, 1.807) is 6.08 Å². The lowest BCUT2D eigenvalue weighted by molar-refractivity contribution is 0.104. The Kier molecular flexibility index (Phi) is 8.39. The third-order valence-electron chi connectivity index (χ3n) is 8.27. The van der Waals surface area contributed by atoms with Crippen LogP contribution in [0.1, 0.15) is 35.3 Å². The first-order valence-corrected chi connectivity index (χ1v) is 15.2. The standard InChI is InChI=1S/C43H35NO/c1-5-8-14-31(7-3)32-22-26-35(27-23-32)44(41-21-13-19-37-30(4)38(17-9-6-2)43(45)42(37)41)36-28-24-34(25-29-36)40-20-12-16-33-15-10-11-18-39(33)40/h5-29H,1,4H2,2-3H3/b9-6-,14-8-,31-7+,38-17+. The Morgan fingerprint density at radius 1 is 0.733 bits per heavy atom. The quantitative estimate of drug-likeness (QED) is 0.134. The molecule has 0 saturated carbocycles. The summed E-state index contributed by atoms with van der Waals surface area (Å²) < 4.78 is 0. The monoisotopic (exact) mass is 581 g/mol. The SMILES string of the molecule is C=C/C=C\C(=C/C)c1ccc(N(c2ccc(-c3cccc4ccccc34)cc2)c2cccc3c2C(=O)/C(=C/C=C\C)C3=C)cc1. The van der Waals surface area contributed by atoms with Gasteiger partial charge < -0.3 is 4.90 Å². The normalized spacial score (nSPS) is 14.2. The van der Waals surface area contributed by atoms with Gasteiger partial charge in [-0.2, -0.15) is 0 Å². The number of anilines is 3. The van der Waals surface area contributed by atoms with E-state index in [0.717, 1.165) is 44.9 Å². The first-order chi connectivity index (χ1) is 22.0. The molecule has 0 amide bonds. The third-order valence-corrected chi connectivity index (χ3v) is 8.27. The molecular formula is C43H35NO. The summed E-state index contributed by atoms with van der Waals surface area (Å²) in [6, 6.07) is 38.0. The second-order valence-electron chi connectivity index (χ2n) is 10.9. The second-order valence-corrected chi connectivity index (χ2v) is 10.9. The summed E-state index contributed by atoms with van der Waals surface area (Å²) in [6.07, 6.45) is 13.5. The highest BCUT2D eigenvalue weighted by atomic mass is 16.1. The fourth-order valence-corrected chi connectivity index (χ4v) is 6.03. The molecule has 5 aromatic carbocycles. The van der Waals surface area contributed by atoms with E-state index < -0.39 is 0 Å². The molecule has 1 aliphatic carbocycles. The van der Waals surface area contributed by atoms with E-state index in [-0.39, 0.29) is 5.78 Å². The number of Topliss-reactive ketones (excluding diaryl/α,β-unsaturated/α-hetero) is 1. The lowest BCUT2D eigenvalue weighted by Crippen LogP contribution is -2.14. The Labute approximate surface area is 266 Å². The molecule has 0 saturated heterocycles. The number of benzene rings is 5. The molecule has 2 heteroatoms. The predicted molar refractivity (Wildman–Crippen MR) is 193 cm³/mol. The zero-order valence-electron chi connectivity index (χ0n) is 25.7. The van der Waals surface area contributed by atoms with Crippen LogP contribution < -0.4 is 4.90 Å². The van der Waals surface area contributed by atoms with E-state index in [9.17, 15) is 4.79 Å². The maximum Gasteiger partial charge on any atom is 0.196 e. The van der Waals surface area contributed by atoms with Crippen LogP contribution in [0.25, 0.3) is 33.0 Å². The molecule has 0 N–H and O–H groups in total. The number of fused-ring (bicyclic) bond motifs is 2. The fourth-order valence-electron chi connectivity index (χ4n) is 6.03. The van der Waals surface area contributed by atoms with Gasteiger partial charge in [0.05, 0.1) is 11.3 Å². The first-order valence-electron chi connectivity index (χ1n) is 15.2. The number of rotatable bonds is 8. The fraction of sp³-hybridized carbons (Fsp3) is 0.0465. The van der Waals surface area contributed by atoms with Gasteiger partial charge in [0.1, 0.15) is 0 Å². The van der Waals surface area contributed by atoms with Gasteiger partial charge in [-0.05, 0) is 88.4 Å². The number of hydrogen-bond donors (Lipinski definition) is 0. The molecule has 0 aliphatic heterocycles. The highest BCUT2D eigenvalue weighted by Crippen LogP contribution is 2.45. The maximum absolute atomic E-state index is 13.9. The van der Waals surface area contributed by atoms with Crippen molar-refractivity contribution in [3.05, 3.63) is 187 Å². The van der Waals surface area contributed by atoms with Gasteiger partial charge in [0, 0.05) is 16.9 Å². The summed E-state index contributed by atoms with van der Waals surface area (Å²) in [7, 11) is 0. The van der Waals surface area contributed by atoms with Crippen LogP contribution >= 0.6 is 0 Å². The molecule has 45 heavy (non-hydrogen) atoms. The maximum atomic E-state index is 13.9. The van der Waals surface area contributed by atoms with Crippen LogP contribution in [0.5, 0.6) is 0 Å². The molecule has 2 nitrogen and oxygen atoms in total. The van der Waals surface area contributed by atoms with Gasteiger partial charge in [-0.1, -0.05) is 135 Å². The topological polar surface area (TPSA) is 20.3 Å². The molecule has 218 valence electrons. The molecule has 0 heterocycles. The van der Waals surface area contributed by atoms with Crippen molar-refractivity contribution in [2.24, 2.45) is 0 Å². The molecule has 0 radical (unpaired) electrons. The summed E-state index contributed by atoms with van der Waals surface area (Å²) in [6.45, 7) is 12.1. The third kappa shape index (κ3) is 5.55. The summed E-state index contributed by atoms with van der Waals surface area (Å²) in [5.41, 5.74) is 10.2. The Hall–Kier alpha value is -5.73. The van der Waals surface area contributed by atoms with Gasteiger partial charge in [-0.3, -0.25) is 4.79 Å². The van der Waals surface area contributed by atoms with Crippen LogP contribution in [-0.4, -0.2) is 5.78 Å². The molecule has 0 aromatic heterocycles. The van der Waals surface area contributed by atoms with Crippen LogP contribution in [0.15, 0.2) is 170 Å². The number of allylic oxidation sites excluding steroid dienone is 10. The summed E-state index contributed by atoms with van der Waals surface area (Å²) in [5, 5.41) is 2.43. The number of hydrogen-bond acceptors (Lipinski definition) is 2. The minimum Gasteiger partial charge on any atom is -0.310 e. The van der Waals surface area contributed by atoms with Crippen molar-refractivity contribution in [3.8, 4) is 11.1 Å². The smallest absolute Gasteiger partial charge is 0.196 e. The largest absolute Gasteiger partial charge is 0.310 e. The number of carbonyl (C=O) groups is 1. The van der Waals surface area contributed by atoms with E-state index >= 15 is 0 Å². The Morgan fingerprint density at radius 3 is 2.11 bits per heavy atom. The summed E-state index contributed by atoms with van der Waals surface area (Å²) in [5.74, 6) is -0.0107. The second kappa shape index (κ2) is 12.9. The zero-order chi connectivity index (χ0) is 31.3. The molecule has 0 bridgehead atoms. The molecule has 5 aromatic rings. The van der Waals surface area contributed by atoms with Crippen molar-refractivity contribution in [1.82, 2.24) is 0 Å². The molecule has 0 atom stereocenters. The molecular weight excluding hydrogens is 546 g/mol. The van der Waals surface area contributed by atoms with Gasteiger partial charge in [0.15, 0.2) is 5.78 Å². The minimum absolute atomic E-state index is 0.0107. The van der Waals surface area contributed by atoms with Gasteiger partial charge in [0.25, 0.3) is 0 Å². The van der Waals surface area contributed by atoms with Gasteiger partial charge >= 0.3 is 0 Å². The number of carbonyl (C=O) groups excluding carboxylic acids is 1. The van der Waals surface area contributed by atoms with Crippen LogP contribution in [-0.2, 0) is 0 Å². The summed E-state index contributed by atoms with van der Waals surface area (Å²) in [4.78, 5) is 16.1. The van der Waals surface area contributed by atoms with Gasteiger partial charge in [0.2, 0.25) is 0 Å². The van der Waals surface area contributed by atoms with E-state index in [4.69, 9.17) is 0 Å². The Morgan fingerprint density at radius 2 is 1.40 bits per heavy atom. The van der Waals surface area contributed by atoms with E-state index in [2.05, 4.69) is 121 Å². The van der Waals surface area contributed by atoms with Gasteiger partial charge in [-0.25, -0.2) is 0 Å². The van der Waals surface area contributed by atoms with Crippen molar-refractivity contribution in [3.63, 3.8) is 0 Å². The predicted octanol–water partition coefficient (Wildman–Crippen LogP) is 11.8. The minimum atomic E-state index is -0.0107. The van der Waals surface area contributed by atoms with Crippen molar-refractivity contribution >= 4 is 44.8 Å². The van der Waals surface area contributed by atoms with Crippen LogP contribution in [0.2, 0.25) is 0 Å². The van der Waals surface area contributed by atoms with E-state index in [0.29, 0.717) is 11.1 Å². The molecule has 1 aliphatic rings. The van der Waals surface area contributed by atoms with Crippen molar-refractivity contribution in [2.75, 3.05) is 4.90 Å². The van der Waals surface area contributed by atoms with Crippen molar-refractivity contribution < 1.29 is 4.79 Å². The molecule has 0 spiro atoms. The van der Waals surface area contributed by atoms with Crippen LogP contribution in [0.3, 0.4) is 0 Å². The zero-order valence-corrected chi connectivity index (χ0v) is 25.7. The highest BCUT2D eigenvalue weighted by molar-refractivity contribution is 6.29. The lowest BCUT2D eigenvalue weighted by Gasteiger charge is -2.27. The van der Waals surface area contributed by atoms with E-state index in [1.807, 2.05) is 56.4 Å². The summed E-state index contributed by atoms with van der Waals surface area (Å²) >= 11 is 0. The van der Waals surface area contributed by atoms with Crippen molar-refractivity contribution in [2.45, 2.75) is 13.8 Å². The molecule has 0 fully saturated rings. The molecule has 6 rings (SSSR count). The van der Waals surface area contributed by atoms with Crippen LogP contribution in [0.4, 0.5) is 17.1 Å². The first kappa shape index (κ1) is 29.3. The van der Waals surface area contributed by atoms with E-state index in [1.165, 1.54) is 16.3 Å². The van der Waals surface area contributed by atoms with Crippen molar-refractivity contribution in [1.29, 1.82) is 0 Å². The Balaban J connectivity index is 1.49. The number of ketones is 1. The lowest BCUT2D eigenvalue weighted by atomic mass is 9.97. The Bertz CT molecular complexity index is 2040. The number of nitrogens with zero attached hydrogens (tertiary/aromatic N) is 1. The average Bonchev–Trinajstić information content (AvgIpc) is 3.33. The average molecular weight is 582 g/mol. The molecule has 0 unspecified atom stereocenters. The van der Waals surface area contributed by atoms with Crippen LogP contribution in [0, 0.1) is 0 Å². The highest BCUT2D eigenvalue weighted by Gasteiger charge is 2.33.